The number of carbonyl (C=O) groups excluding carboxylic acids is 1. The molecule has 0 saturated carbocycles. The molecule has 1 aliphatic rings. The van der Waals surface area contributed by atoms with Gasteiger partial charge in [-0.1, -0.05) is 36.0 Å². The molecule has 2 heterocycles. The highest BCUT2D eigenvalue weighted by Gasteiger charge is 2.21. The van der Waals surface area contributed by atoms with Crippen LogP contribution in [0.1, 0.15) is 11.1 Å². The number of fused-ring (bicyclic) bond motifs is 1. The second-order valence-corrected chi connectivity index (χ2v) is 5.96. The first kappa shape index (κ1) is 13.9. The van der Waals surface area contributed by atoms with Crippen molar-refractivity contribution < 1.29 is 4.79 Å². The van der Waals surface area contributed by atoms with Gasteiger partial charge in [-0.15, -0.1) is 10.2 Å². The number of hydrogen-bond donors (Lipinski definition) is 1. The number of anilines is 1. The Hall–Kier alpha value is -2.02. The Morgan fingerprint density at radius 2 is 2.10 bits per heavy atom. The van der Waals surface area contributed by atoms with Crippen molar-refractivity contribution in [2.75, 3.05) is 18.0 Å². The van der Waals surface area contributed by atoms with E-state index in [4.69, 9.17) is 5.73 Å². The Morgan fingerprint density at radius 3 is 2.81 bits per heavy atom. The molecule has 1 aromatic carbocycles. The number of carbonyl (C=O) groups is 1. The molecule has 0 bridgehead atoms. The van der Waals surface area contributed by atoms with E-state index in [-0.39, 0.29) is 5.91 Å². The number of thioether (sulfide) groups is 1. The molecule has 0 atom stereocenters. The Kier molecular flexibility index (Phi) is 3.83. The van der Waals surface area contributed by atoms with Gasteiger partial charge in [0.2, 0.25) is 11.9 Å². The lowest BCUT2D eigenvalue weighted by Crippen LogP contribution is -2.37. The van der Waals surface area contributed by atoms with E-state index in [9.17, 15) is 4.79 Å². The first-order chi connectivity index (χ1) is 10.1. The predicted octanol–water partition coefficient (Wildman–Crippen LogP) is 1.07. The number of benzene rings is 1. The fourth-order valence-corrected chi connectivity index (χ4v) is 3.20. The molecule has 6 nitrogen and oxygen atoms in total. The molecule has 110 valence electrons. The van der Waals surface area contributed by atoms with Crippen molar-refractivity contribution in [1.29, 1.82) is 0 Å². The standard InChI is InChI=1S/C14H17N5OS/c1-18-13(15)16-17-14(18)21-9-12(20)19-7-6-10-4-2-3-5-11(10)8-19/h2-5H,6-9H2,1H3,(H2,15,16). The van der Waals surface area contributed by atoms with Gasteiger partial charge in [-0.2, -0.15) is 0 Å². The summed E-state index contributed by atoms with van der Waals surface area (Å²) in [4.78, 5) is 14.2. The molecule has 0 spiro atoms. The molecule has 21 heavy (non-hydrogen) atoms. The van der Waals surface area contributed by atoms with E-state index < -0.39 is 0 Å². The summed E-state index contributed by atoms with van der Waals surface area (Å²) < 4.78 is 1.68. The van der Waals surface area contributed by atoms with Crippen molar-refractivity contribution in [1.82, 2.24) is 19.7 Å². The predicted molar refractivity (Wildman–Crippen MR) is 81.7 cm³/mol. The second kappa shape index (κ2) is 5.77. The zero-order chi connectivity index (χ0) is 14.8. The molecule has 0 unspecified atom stereocenters. The fourth-order valence-electron chi connectivity index (χ4n) is 2.38. The molecule has 0 radical (unpaired) electrons. The van der Waals surface area contributed by atoms with Crippen molar-refractivity contribution in [3.05, 3.63) is 35.4 Å². The van der Waals surface area contributed by atoms with Crippen LogP contribution < -0.4 is 5.73 Å². The number of nitrogen functional groups attached to an aromatic ring is 1. The first-order valence-electron chi connectivity index (χ1n) is 6.77. The topological polar surface area (TPSA) is 77.0 Å². The van der Waals surface area contributed by atoms with Gasteiger partial charge < -0.3 is 10.6 Å². The molecule has 0 aliphatic carbocycles. The lowest BCUT2D eigenvalue weighted by atomic mass is 10.00. The number of nitrogens with two attached hydrogens (primary N) is 1. The van der Waals surface area contributed by atoms with Crippen molar-refractivity contribution in [3.63, 3.8) is 0 Å². The van der Waals surface area contributed by atoms with Crippen molar-refractivity contribution in [2.45, 2.75) is 18.1 Å². The van der Waals surface area contributed by atoms with Crippen LogP contribution in [0.3, 0.4) is 0 Å². The molecule has 1 aromatic heterocycles. The number of rotatable bonds is 3. The van der Waals surface area contributed by atoms with Gasteiger partial charge in [-0.3, -0.25) is 9.36 Å². The average molecular weight is 303 g/mol. The fraction of sp³-hybridized carbons (Fsp3) is 0.357. The summed E-state index contributed by atoms with van der Waals surface area (Å²) in [7, 11) is 1.79. The number of hydrogen-bond acceptors (Lipinski definition) is 5. The van der Waals surface area contributed by atoms with Crippen LogP contribution in [-0.2, 0) is 24.8 Å². The van der Waals surface area contributed by atoms with Gasteiger partial charge in [0, 0.05) is 20.1 Å². The van der Waals surface area contributed by atoms with E-state index in [1.54, 1.807) is 11.6 Å². The Morgan fingerprint density at radius 1 is 1.33 bits per heavy atom. The minimum Gasteiger partial charge on any atom is -0.368 e. The number of aromatic nitrogens is 3. The van der Waals surface area contributed by atoms with Gasteiger partial charge in [0.15, 0.2) is 5.16 Å². The largest absolute Gasteiger partial charge is 0.368 e. The highest BCUT2D eigenvalue weighted by molar-refractivity contribution is 7.99. The normalized spacial score (nSPS) is 14.0. The highest BCUT2D eigenvalue weighted by Crippen LogP contribution is 2.21. The van der Waals surface area contributed by atoms with Crippen LogP contribution in [0.15, 0.2) is 29.4 Å². The second-order valence-electron chi connectivity index (χ2n) is 5.02. The van der Waals surface area contributed by atoms with Gasteiger partial charge in [0.25, 0.3) is 0 Å². The minimum absolute atomic E-state index is 0.121. The SMILES string of the molecule is Cn1c(N)nnc1SCC(=O)N1CCc2ccccc2C1. The van der Waals surface area contributed by atoms with Crippen molar-refractivity contribution in [2.24, 2.45) is 7.05 Å². The number of nitrogens with zero attached hydrogens (tertiary/aromatic N) is 4. The highest BCUT2D eigenvalue weighted by atomic mass is 32.2. The lowest BCUT2D eigenvalue weighted by Gasteiger charge is -2.28. The van der Waals surface area contributed by atoms with E-state index in [0.29, 0.717) is 23.4 Å². The van der Waals surface area contributed by atoms with Gasteiger partial charge in [0.05, 0.1) is 5.75 Å². The molecule has 0 saturated heterocycles. The maximum Gasteiger partial charge on any atom is 0.233 e. The van der Waals surface area contributed by atoms with E-state index in [1.807, 2.05) is 17.0 Å². The molecule has 7 heteroatoms. The third kappa shape index (κ3) is 2.87. The molecule has 1 aliphatic heterocycles. The van der Waals surface area contributed by atoms with Gasteiger partial charge in [-0.25, -0.2) is 0 Å². The maximum atomic E-state index is 12.3. The molecular weight excluding hydrogens is 286 g/mol. The minimum atomic E-state index is 0.121. The monoisotopic (exact) mass is 303 g/mol. The van der Waals surface area contributed by atoms with Crippen LogP contribution in [0.4, 0.5) is 5.95 Å². The molecule has 1 amide bonds. The molecule has 3 rings (SSSR count). The summed E-state index contributed by atoms with van der Waals surface area (Å²) in [5.74, 6) is 0.835. The summed E-state index contributed by atoms with van der Waals surface area (Å²) >= 11 is 1.37. The van der Waals surface area contributed by atoms with Crippen LogP contribution in [0.5, 0.6) is 0 Å². The molecule has 2 N–H and O–H groups in total. The first-order valence-corrected chi connectivity index (χ1v) is 7.76. The maximum absolute atomic E-state index is 12.3. The van der Waals surface area contributed by atoms with Gasteiger partial charge >= 0.3 is 0 Å². The zero-order valence-corrected chi connectivity index (χ0v) is 12.6. The molecule has 2 aromatic rings. The summed E-state index contributed by atoms with van der Waals surface area (Å²) in [5.41, 5.74) is 8.21. The molecular formula is C14H17N5OS. The quantitative estimate of drug-likeness (QED) is 0.858. The number of amides is 1. The smallest absolute Gasteiger partial charge is 0.233 e. The Bertz CT molecular complexity index is 669. The van der Waals surface area contributed by atoms with E-state index in [0.717, 1.165) is 13.0 Å². The summed E-state index contributed by atoms with van der Waals surface area (Å²) in [6.07, 6.45) is 0.920. The third-order valence-corrected chi connectivity index (χ3v) is 4.68. The molecule has 0 fully saturated rings. The van der Waals surface area contributed by atoms with Crippen LogP contribution in [0.25, 0.3) is 0 Å². The van der Waals surface area contributed by atoms with E-state index >= 15 is 0 Å². The van der Waals surface area contributed by atoms with Crippen LogP contribution >= 0.6 is 11.8 Å². The van der Waals surface area contributed by atoms with E-state index in [1.165, 1.54) is 22.9 Å². The summed E-state index contributed by atoms with van der Waals surface area (Å²) in [6.45, 7) is 1.47. The third-order valence-electron chi connectivity index (χ3n) is 3.68. The summed E-state index contributed by atoms with van der Waals surface area (Å²) in [6, 6.07) is 8.29. The van der Waals surface area contributed by atoms with Crippen LogP contribution in [0, 0.1) is 0 Å². The van der Waals surface area contributed by atoms with Crippen molar-refractivity contribution in [3.8, 4) is 0 Å². The lowest BCUT2D eigenvalue weighted by molar-refractivity contribution is -0.129. The van der Waals surface area contributed by atoms with Crippen LogP contribution in [-0.4, -0.2) is 37.9 Å². The van der Waals surface area contributed by atoms with Gasteiger partial charge in [0.1, 0.15) is 0 Å². The Balaban J connectivity index is 1.61. The average Bonchev–Trinajstić information content (AvgIpc) is 2.84. The van der Waals surface area contributed by atoms with E-state index in [2.05, 4.69) is 22.3 Å². The van der Waals surface area contributed by atoms with Gasteiger partial charge in [-0.05, 0) is 17.5 Å². The van der Waals surface area contributed by atoms with Crippen molar-refractivity contribution >= 4 is 23.6 Å². The van der Waals surface area contributed by atoms with Crippen LogP contribution in [0.2, 0.25) is 0 Å². The Labute approximate surface area is 127 Å². The zero-order valence-electron chi connectivity index (χ0n) is 11.8. The summed E-state index contributed by atoms with van der Waals surface area (Å²) in [5, 5.41) is 8.39.